The molecule has 8 heteroatoms. The van der Waals surface area contributed by atoms with E-state index in [2.05, 4.69) is 26.1 Å². The number of ether oxygens (including phenoxy) is 2. The zero-order chi connectivity index (χ0) is 25.1. The average Bonchev–Trinajstić information content (AvgIpc) is 2.77. The van der Waals surface area contributed by atoms with E-state index in [0.717, 1.165) is 18.2 Å². The highest BCUT2D eigenvalue weighted by atomic mass is 35.5. The Kier molecular flexibility index (Phi) is 7.46. The van der Waals surface area contributed by atoms with Crippen LogP contribution in [0.1, 0.15) is 47.8 Å². The number of hydrogen-bond donors (Lipinski definition) is 1. The number of methoxy groups -OCH3 is 1. The van der Waals surface area contributed by atoms with E-state index in [0.29, 0.717) is 17.1 Å². The number of benzene rings is 3. The average molecular weight is 492 g/mol. The van der Waals surface area contributed by atoms with E-state index in [-0.39, 0.29) is 28.3 Å². The van der Waals surface area contributed by atoms with Gasteiger partial charge in [0.25, 0.3) is 5.91 Å². The molecule has 0 saturated heterocycles. The van der Waals surface area contributed by atoms with Crippen molar-refractivity contribution in [2.24, 2.45) is 0 Å². The van der Waals surface area contributed by atoms with E-state index in [1.165, 1.54) is 18.7 Å². The van der Waals surface area contributed by atoms with Crippen molar-refractivity contribution < 1.29 is 27.4 Å². The number of amides is 1. The van der Waals surface area contributed by atoms with Gasteiger partial charge in [-0.1, -0.05) is 44.5 Å². The first-order valence-electron chi connectivity index (χ1n) is 10.5. The SMILES string of the molecule is COc1ccc(C(=O)Nc2cc(C(F)(F)F)ccc2Cl)cc1COc1ccc(C(C)(C)C)cc1. The number of anilines is 1. The highest BCUT2D eigenvalue weighted by Crippen LogP contribution is 2.34. The molecular formula is C26H25ClF3NO3. The van der Waals surface area contributed by atoms with E-state index in [1.54, 1.807) is 12.1 Å². The number of halogens is 4. The van der Waals surface area contributed by atoms with E-state index in [1.807, 2.05) is 24.3 Å². The molecule has 4 nitrogen and oxygen atoms in total. The third-order valence-corrected chi connectivity index (χ3v) is 5.53. The molecule has 1 N–H and O–H groups in total. The van der Waals surface area contributed by atoms with Gasteiger partial charge in [0.2, 0.25) is 0 Å². The lowest BCUT2D eigenvalue weighted by atomic mass is 9.87. The third-order valence-electron chi connectivity index (χ3n) is 5.20. The standard InChI is InChI=1S/C26H25ClF3NO3/c1-25(2,3)18-6-9-20(10-7-18)34-15-17-13-16(5-12-23(17)33-4)24(32)31-22-14-19(26(28,29)30)8-11-21(22)27/h5-14H,15H2,1-4H3,(H,31,32). The molecule has 0 aromatic heterocycles. The first-order valence-corrected chi connectivity index (χ1v) is 10.8. The van der Waals surface area contributed by atoms with Crippen LogP contribution in [0.2, 0.25) is 5.02 Å². The summed E-state index contributed by atoms with van der Waals surface area (Å²) in [5.41, 5.74) is 0.972. The van der Waals surface area contributed by atoms with E-state index >= 15 is 0 Å². The molecule has 0 radical (unpaired) electrons. The van der Waals surface area contributed by atoms with Crippen molar-refractivity contribution in [1.82, 2.24) is 0 Å². The Labute approximate surface area is 201 Å². The summed E-state index contributed by atoms with van der Waals surface area (Å²) in [7, 11) is 1.50. The van der Waals surface area contributed by atoms with Crippen LogP contribution in [0.25, 0.3) is 0 Å². The Morgan fingerprint density at radius 3 is 2.18 bits per heavy atom. The van der Waals surface area contributed by atoms with Gasteiger partial charge in [0, 0.05) is 11.1 Å². The first kappa shape index (κ1) is 25.4. The van der Waals surface area contributed by atoms with Crippen LogP contribution in [0.5, 0.6) is 11.5 Å². The van der Waals surface area contributed by atoms with Gasteiger partial charge < -0.3 is 14.8 Å². The summed E-state index contributed by atoms with van der Waals surface area (Å²) in [6, 6.07) is 15.2. The largest absolute Gasteiger partial charge is 0.496 e. The maximum Gasteiger partial charge on any atom is 0.416 e. The fraction of sp³-hybridized carbons (Fsp3) is 0.269. The van der Waals surface area contributed by atoms with Gasteiger partial charge in [-0.15, -0.1) is 0 Å². The van der Waals surface area contributed by atoms with Gasteiger partial charge in [0.05, 0.1) is 23.4 Å². The predicted octanol–water partition coefficient (Wildman–Crippen LogP) is 7.50. The Morgan fingerprint density at radius 1 is 0.941 bits per heavy atom. The second kappa shape index (κ2) is 9.97. The monoisotopic (exact) mass is 491 g/mol. The molecular weight excluding hydrogens is 467 g/mol. The van der Waals surface area contributed by atoms with Crippen molar-refractivity contribution in [3.63, 3.8) is 0 Å². The van der Waals surface area contributed by atoms with E-state index in [4.69, 9.17) is 21.1 Å². The second-order valence-corrected chi connectivity index (χ2v) is 9.14. The van der Waals surface area contributed by atoms with Crippen molar-refractivity contribution in [2.75, 3.05) is 12.4 Å². The molecule has 0 aliphatic rings. The molecule has 0 unspecified atom stereocenters. The van der Waals surface area contributed by atoms with Crippen molar-refractivity contribution in [1.29, 1.82) is 0 Å². The molecule has 0 atom stereocenters. The van der Waals surface area contributed by atoms with Crippen molar-refractivity contribution >= 4 is 23.2 Å². The van der Waals surface area contributed by atoms with Crippen LogP contribution in [0.4, 0.5) is 18.9 Å². The first-order chi connectivity index (χ1) is 15.9. The van der Waals surface area contributed by atoms with Gasteiger partial charge in [-0.3, -0.25) is 4.79 Å². The van der Waals surface area contributed by atoms with Crippen LogP contribution in [-0.4, -0.2) is 13.0 Å². The van der Waals surface area contributed by atoms with Gasteiger partial charge in [0.15, 0.2) is 0 Å². The lowest BCUT2D eigenvalue weighted by Gasteiger charge is -2.19. The number of hydrogen-bond acceptors (Lipinski definition) is 3. The molecule has 3 rings (SSSR count). The van der Waals surface area contributed by atoms with E-state index < -0.39 is 17.6 Å². The van der Waals surface area contributed by atoms with Crippen LogP contribution in [-0.2, 0) is 18.2 Å². The van der Waals surface area contributed by atoms with Crippen LogP contribution >= 0.6 is 11.6 Å². The Morgan fingerprint density at radius 2 is 1.59 bits per heavy atom. The lowest BCUT2D eigenvalue weighted by molar-refractivity contribution is -0.137. The molecule has 3 aromatic carbocycles. The molecule has 1 amide bonds. The molecule has 0 bridgehead atoms. The minimum absolute atomic E-state index is 0.00266. The molecule has 180 valence electrons. The highest BCUT2D eigenvalue weighted by molar-refractivity contribution is 6.34. The third kappa shape index (κ3) is 6.23. The summed E-state index contributed by atoms with van der Waals surface area (Å²) in [4.78, 5) is 12.8. The van der Waals surface area contributed by atoms with Crippen LogP contribution < -0.4 is 14.8 Å². The summed E-state index contributed by atoms with van der Waals surface area (Å²) >= 11 is 5.99. The summed E-state index contributed by atoms with van der Waals surface area (Å²) in [6.45, 7) is 6.49. The summed E-state index contributed by atoms with van der Waals surface area (Å²) in [5, 5.41) is 2.44. The number of rotatable bonds is 6. The maximum absolute atomic E-state index is 13.0. The van der Waals surface area contributed by atoms with Gasteiger partial charge in [-0.25, -0.2) is 0 Å². The molecule has 0 heterocycles. The van der Waals surface area contributed by atoms with Crippen molar-refractivity contribution in [2.45, 2.75) is 39.0 Å². The normalized spacial score (nSPS) is 11.8. The quantitative estimate of drug-likeness (QED) is 0.388. The Balaban J connectivity index is 1.78. The van der Waals surface area contributed by atoms with Crippen LogP contribution in [0.3, 0.4) is 0 Å². The number of nitrogens with one attached hydrogen (secondary N) is 1. The summed E-state index contributed by atoms with van der Waals surface area (Å²) in [5.74, 6) is 0.556. The minimum Gasteiger partial charge on any atom is -0.496 e. The number of alkyl halides is 3. The lowest BCUT2D eigenvalue weighted by Crippen LogP contribution is -2.14. The van der Waals surface area contributed by atoms with Crippen LogP contribution in [0.15, 0.2) is 60.7 Å². The zero-order valence-electron chi connectivity index (χ0n) is 19.2. The second-order valence-electron chi connectivity index (χ2n) is 8.74. The molecule has 0 aliphatic carbocycles. The van der Waals surface area contributed by atoms with Crippen molar-refractivity contribution in [3.05, 3.63) is 87.9 Å². The Bertz CT molecular complexity index is 1170. The van der Waals surface area contributed by atoms with Crippen LogP contribution in [0, 0.1) is 0 Å². The number of carbonyl (C=O) groups excluding carboxylic acids is 1. The summed E-state index contributed by atoms with van der Waals surface area (Å²) in [6.07, 6.45) is -4.56. The van der Waals surface area contributed by atoms with E-state index in [9.17, 15) is 18.0 Å². The van der Waals surface area contributed by atoms with Crippen molar-refractivity contribution in [3.8, 4) is 11.5 Å². The highest BCUT2D eigenvalue weighted by Gasteiger charge is 2.31. The van der Waals surface area contributed by atoms with Gasteiger partial charge in [0.1, 0.15) is 18.1 Å². The number of carbonyl (C=O) groups is 1. The molecule has 0 saturated carbocycles. The maximum atomic E-state index is 13.0. The zero-order valence-corrected chi connectivity index (χ0v) is 20.0. The molecule has 0 spiro atoms. The molecule has 0 aliphatic heterocycles. The molecule has 3 aromatic rings. The predicted molar refractivity (Wildman–Crippen MR) is 127 cm³/mol. The molecule has 0 fully saturated rings. The minimum atomic E-state index is -4.56. The topological polar surface area (TPSA) is 47.6 Å². The smallest absolute Gasteiger partial charge is 0.416 e. The molecule has 34 heavy (non-hydrogen) atoms. The summed E-state index contributed by atoms with van der Waals surface area (Å²) < 4.78 is 50.3. The Hall–Kier alpha value is -3.19. The fourth-order valence-corrected chi connectivity index (χ4v) is 3.40. The van der Waals surface area contributed by atoms with Gasteiger partial charge in [-0.2, -0.15) is 13.2 Å². The van der Waals surface area contributed by atoms with Gasteiger partial charge >= 0.3 is 6.18 Å². The fourth-order valence-electron chi connectivity index (χ4n) is 3.24. The van der Waals surface area contributed by atoms with Gasteiger partial charge in [-0.05, 0) is 59.5 Å².